The van der Waals surface area contributed by atoms with Crippen molar-refractivity contribution in [3.63, 3.8) is 0 Å². The van der Waals surface area contributed by atoms with Crippen molar-refractivity contribution in [2.24, 2.45) is 5.10 Å². The van der Waals surface area contributed by atoms with E-state index < -0.39 is 0 Å². The van der Waals surface area contributed by atoms with Crippen molar-refractivity contribution in [3.05, 3.63) is 53.6 Å². The fraction of sp³-hybridized carbons (Fsp3) is 0.125. The number of hydrogen-bond acceptors (Lipinski definition) is 5. The molecule has 0 aromatic heterocycles. The van der Waals surface area contributed by atoms with Crippen LogP contribution >= 0.6 is 0 Å². The summed E-state index contributed by atoms with van der Waals surface area (Å²) in [5.74, 6) is 0.912. The van der Waals surface area contributed by atoms with Crippen LogP contribution in [0.25, 0.3) is 0 Å². The van der Waals surface area contributed by atoms with E-state index in [4.69, 9.17) is 15.2 Å². The van der Waals surface area contributed by atoms with Gasteiger partial charge in [0.25, 0.3) is 5.91 Å². The van der Waals surface area contributed by atoms with E-state index in [0.717, 1.165) is 0 Å². The fourth-order valence-electron chi connectivity index (χ4n) is 1.86. The number of nitrogens with zero attached hydrogens (tertiary/aromatic N) is 1. The molecular weight excluding hydrogens is 282 g/mol. The molecule has 1 amide bonds. The topological polar surface area (TPSA) is 85.9 Å². The minimum atomic E-state index is -0.379. The largest absolute Gasteiger partial charge is 0.497 e. The second-order valence-electron chi connectivity index (χ2n) is 4.39. The van der Waals surface area contributed by atoms with E-state index in [1.807, 2.05) is 0 Å². The van der Waals surface area contributed by atoms with Crippen molar-refractivity contribution in [2.45, 2.75) is 0 Å². The summed E-state index contributed by atoms with van der Waals surface area (Å²) in [6, 6.07) is 12.1. The van der Waals surface area contributed by atoms with E-state index in [0.29, 0.717) is 28.3 Å². The molecule has 114 valence electrons. The number of rotatable bonds is 5. The number of para-hydroxylation sites is 1. The van der Waals surface area contributed by atoms with Crippen LogP contribution in [0, 0.1) is 0 Å². The Kier molecular flexibility index (Phi) is 4.98. The molecule has 0 aliphatic rings. The van der Waals surface area contributed by atoms with Crippen molar-refractivity contribution in [1.82, 2.24) is 5.43 Å². The molecule has 0 radical (unpaired) electrons. The molecule has 0 aliphatic carbocycles. The third-order valence-electron chi connectivity index (χ3n) is 3.01. The number of carbonyl (C=O) groups is 1. The van der Waals surface area contributed by atoms with Gasteiger partial charge in [0, 0.05) is 11.3 Å². The Morgan fingerprint density at radius 3 is 2.64 bits per heavy atom. The van der Waals surface area contributed by atoms with Crippen molar-refractivity contribution >= 4 is 17.8 Å². The fourth-order valence-corrected chi connectivity index (χ4v) is 1.86. The summed E-state index contributed by atoms with van der Waals surface area (Å²) >= 11 is 0. The van der Waals surface area contributed by atoms with E-state index in [1.54, 1.807) is 56.7 Å². The Balaban J connectivity index is 2.12. The summed E-state index contributed by atoms with van der Waals surface area (Å²) in [7, 11) is 3.13. The molecular formula is C16H17N3O3. The van der Waals surface area contributed by atoms with Gasteiger partial charge in [0.1, 0.15) is 11.5 Å². The zero-order chi connectivity index (χ0) is 15.9. The van der Waals surface area contributed by atoms with Crippen molar-refractivity contribution < 1.29 is 14.3 Å². The minimum Gasteiger partial charge on any atom is -0.497 e. The van der Waals surface area contributed by atoms with Crippen molar-refractivity contribution in [2.75, 3.05) is 20.0 Å². The van der Waals surface area contributed by atoms with E-state index in [9.17, 15) is 4.79 Å². The maximum atomic E-state index is 12.0. The van der Waals surface area contributed by atoms with Gasteiger partial charge in [0.2, 0.25) is 0 Å². The van der Waals surface area contributed by atoms with Gasteiger partial charge in [0.15, 0.2) is 0 Å². The van der Waals surface area contributed by atoms with E-state index >= 15 is 0 Å². The van der Waals surface area contributed by atoms with Crippen LogP contribution in [-0.4, -0.2) is 26.3 Å². The Morgan fingerprint density at radius 2 is 1.95 bits per heavy atom. The first-order valence-electron chi connectivity index (χ1n) is 6.55. The van der Waals surface area contributed by atoms with Gasteiger partial charge in [-0.3, -0.25) is 4.79 Å². The van der Waals surface area contributed by atoms with Gasteiger partial charge in [0.05, 0.1) is 26.0 Å². The molecule has 2 aromatic rings. The van der Waals surface area contributed by atoms with Gasteiger partial charge >= 0.3 is 0 Å². The van der Waals surface area contributed by atoms with Crippen LogP contribution in [0.2, 0.25) is 0 Å². The van der Waals surface area contributed by atoms with Crippen LogP contribution in [0.3, 0.4) is 0 Å². The normalized spacial score (nSPS) is 10.5. The summed E-state index contributed by atoms with van der Waals surface area (Å²) in [5.41, 5.74) is 9.62. The highest BCUT2D eigenvalue weighted by Gasteiger charge is 2.07. The Hall–Kier alpha value is -3.02. The van der Waals surface area contributed by atoms with Crippen LogP contribution < -0.4 is 20.6 Å². The predicted octanol–water partition coefficient (Wildman–Crippen LogP) is 2.05. The lowest BCUT2D eigenvalue weighted by Gasteiger charge is -2.07. The van der Waals surface area contributed by atoms with E-state index in [2.05, 4.69) is 10.5 Å². The third-order valence-corrected chi connectivity index (χ3v) is 3.01. The van der Waals surface area contributed by atoms with Gasteiger partial charge < -0.3 is 15.2 Å². The first-order chi connectivity index (χ1) is 10.7. The lowest BCUT2D eigenvalue weighted by molar-refractivity contribution is 0.0956. The molecule has 0 saturated carbocycles. The number of benzene rings is 2. The quantitative estimate of drug-likeness (QED) is 0.502. The highest BCUT2D eigenvalue weighted by molar-refractivity contribution is 5.99. The Labute approximate surface area is 128 Å². The summed E-state index contributed by atoms with van der Waals surface area (Å²) < 4.78 is 10.4. The Bertz CT molecular complexity index is 699. The first-order valence-corrected chi connectivity index (χ1v) is 6.55. The molecule has 0 atom stereocenters. The van der Waals surface area contributed by atoms with Crippen LogP contribution in [0.1, 0.15) is 15.9 Å². The number of anilines is 1. The lowest BCUT2D eigenvalue weighted by atomic mass is 10.2. The number of methoxy groups -OCH3 is 2. The van der Waals surface area contributed by atoms with Gasteiger partial charge in [-0.25, -0.2) is 5.43 Å². The lowest BCUT2D eigenvalue weighted by Crippen LogP contribution is -2.19. The first kappa shape index (κ1) is 15.4. The number of nitrogens with two attached hydrogens (primary N) is 1. The minimum absolute atomic E-state index is 0.372. The highest BCUT2D eigenvalue weighted by Crippen LogP contribution is 2.22. The smallest absolute Gasteiger partial charge is 0.273 e. The molecule has 6 nitrogen and oxygen atoms in total. The van der Waals surface area contributed by atoms with E-state index in [1.165, 1.54) is 6.21 Å². The molecule has 0 aliphatic heterocycles. The number of hydrazone groups is 1. The molecule has 22 heavy (non-hydrogen) atoms. The molecule has 0 fully saturated rings. The molecule has 0 spiro atoms. The summed E-state index contributed by atoms with van der Waals surface area (Å²) in [6.45, 7) is 0. The molecule has 2 rings (SSSR count). The zero-order valence-corrected chi connectivity index (χ0v) is 12.4. The summed E-state index contributed by atoms with van der Waals surface area (Å²) in [6.07, 6.45) is 1.48. The molecule has 0 unspecified atom stereocenters. The molecule has 0 heterocycles. The number of nitrogens with one attached hydrogen (secondary N) is 1. The van der Waals surface area contributed by atoms with Crippen LogP contribution in [-0.2, 0) is 0 Å². The number of ether oxygens (including phenoxy) is 2. The Morgan fingerprint density at radius 1 is 1.18 bits per heavy atom. The monoisotopic (exact) mass is 299 g/mol. The number of nitrogen functional groups attached to an aromatic ring is 1. The number of amides is 1. The van der Waals surface area contributed by atoms with Crippen molar-refractivity contribution in [1.29, 1.82) is 0 Å². The van der Waals surface area contributed by atoms with Gasteiger partial charge in [-0.2, -0.15) is 5.10 Å². The van der Waals surface area contributed by atoms with Crippen molar-refractivity contribution in [3.8, 4) is 11.5 Å². The molecule has 3 N–H and O–H groups in total. The average molecular weight is 299 g/mol. The number of hydrogen-bond donors (Lipinski definition) is 2. The summed E-state index contributed by atoms with van der Waals surface area (Å²) in [4.78, 5) is 12.0. The highest BCUT2D eigenvalue weighted by atomic mass is 16.5. The molecule has 0 saturated heterocycles. The molecule has 6 heteroatoms. The van der Waals surface area contributed by atoms with Crippen LogP contribution in [0.4, 0.5) is 5.69 Å². The second kappa shape index (κ2) is 7.12. The van der Waals surface area contributed by atoms with Gasteiger partial charge in [-0.15, -0.1) is 0 Å². The van der Waals surface area contributed by atoms with Gasteiger partial charge in [-0.1, -0.05) is 12.1 Å². The SMILES string of the molecule is COc1ccc(OC)c(/C=N\NC(=O)c2ccccc2N)c1. The summed E-state index contributed by atoms with van der Waals surface area (Å²) in [5, 5.41) is 3.93. The standard InChI is InChI=1S/C16H17N3O3/c1-21-12-7-8-15(22-2)11(9-12)10-18-19-16(20)13-5-3-4-6-14(13)17/h3-10H,17H2,1-2H3,(H,19,20)/b18-10-. The molecule has 2 aromatic carbocycles. The second-order valence-corrected chi connectivity index (χ2v) is 4.39. The maximum absolute atomic E-state index is 12.0. The third kappa shape index (κ3) is 3.54. The maximum Gasteiger partial charge on any atom is 0.273 e. The van der Waals surface area contributed by atoms with E-state index in [-0.39, 0.29) is 5.91 Å². The van der Waals surface area contributed by atoms with Gasteiger partial charge in [-0.05, 0) is 30.3 Å². The number of carbonyl (C=O) groups excluding carboxylic acids is 1. The predicted molar refractivity (Wildman–Crippen MR) is 85.5 cm³/mol. The molecule has 0 bridgehead atoms. The average Bonchev–Trinajstić information content (AvgIpc) is 2.55. The van der Waals surface area contributed by atoms with Crippen LogP contribution in [0.5, 0.6) is 11.5 Å². The van der Waals surface area contributed by atoms with Crippen LogP contribution in [0.15, 0.2) is 47.6 Å². The zero-order valence-electron chi connectivity index (χ0n) is 12.4.